The van der Waals surface area contributed by atoms with E-state index in [1.165, 1.54) is 0 Å². The van der Waals surface area contributed by atoms with Gasteiger partial charge in [0.2, 0.25) is 11.8 Å². The zero-order chi connectivity index (χ0) is 53.8. The first kappa shape index (κ1) is 58.5. The number of hydrogen-bond acceptors (Lipinski definition) is 14. The molecule has 3 aromatic carbocycles. The summed E-state index contributed by atoms with van der Waals surface area (Å²) >= 11 is 0. The number of nitrogens with one attached hydrogen (secondary N) is 4. The summed E-state index contributed by atoms with van der Waals surface area (Å²) < 4.78 is 29.4. The Bertz CT molecular complexity index is 2670. The van der Waals surface area contributed by atoms with E-state index in [0.717, 1.165) is 52.6 Å². The number of para-hydroxylation sites is 1. The van der Waals surface area contributed by atoms with Gasteiger partial charge in [-0.3, -0.25) is 14.4 Å². The lowest BCUT2D eigenvalue weighted by molar-refractivity contribution is -0.131. The second-order valence-corrected chi connectivity index (χ2v) is 18.1. The highest BCUT2D eigenvalue weighted by Gasteiger charge is 2.29. The summed E-state index contributed by atoms with van der Waals surface area (Å²) in [6, 6.07) is 21.2. The van der Waals surface area contributed by atoms with Gasteiger partial charge >= 0.3 is 12.1 Å². The number of aryl methyl sites for hydroxylation is 1. The standard InChI is InChI=1S/C53H72N12O10/c1-4-5-15-45-62-48-49(42-13-6-7-14-43(42)61-50(48)54)65(45)34-39-11-8-10-38(31-39)33-58-53(70)75-35-37-16-18-41(19-17-37)60-51(68)40(12-9-21-57-52(55)69)32-44(66)47(36(2)3)63-46(67)20-23-71-25-27-73-29-30-74-28-26-72-24-22-59-64-56/h6-8,10-11,13-14,16-19,31,36,40,47H,4-5,9,12,15,20-30,32-35H2,1-3H3,(H2,54,61)(H,58,70)(H,60,68)(H,63,67)(H3,55,57,69)/t40-,47+/m1/s1. The molecule has 2 aromatic heterocycles. The third-order valence-corrected chi connectivity index (χ3v) is 12.0. The number of benzene rings is 3. The quantitative estimate of drug-likeness (QED) is 0.0105. The topological polar surface area (TPSA) is 311 Å². The van der Waals surface area contributed by atoms with Crippen LogP contribution >= 0.6 is 0 Å². The highest BCUT2D eigenvalue weighted by atomic mass is 16.6. The van der Waals surface area contributed by atoms with E-state index < -0.39 is 30.0 Å². The van der Waals surface area contributed by atoms with Gasteiger partial charge in [-0.05, 0) is 65.6 Å². The Morgan fingerprint density at radius 1 is 0.813 bits per heavy atom. The Labute approximate surface area is 436 Å². The molecule has 0 bridgehead atoms. The fourth-order valence-corrected chi connectivity index (χ4v) is 8.12. The van der Waals surface area contributed by atoms with Crippen molar-refractivity contribution < 1.29 is 47.7 Å². The maximum Gasteiger partial charge on any atom is 0.407 e. The molecule has 0 spiro atoms. The average Bonchev–Trinajstić information content (AvgIpc) is 3.76. The summed E-state index contributed by atoms with van der Waals surface area (Å²) in [7, 11) is 0. The van der Waals surface area contributed by atoms with Crippen LogP contribution in [0.15, 0.2) is 77.9 Å². The van der Waals surface area contributed by atoms with E-state index in [2.05, 4.69) is 47.8 Å². The summed E-state index contributed by atoms with van der Waals surface area (Å²) in [5.41, 5.74) is 25.4. The first-order valence-corrected chi connectivity index (χ1v) is 25.5. The van der Waals surface area contributed by atoms with Gasteiger partial charge < -0.3 is 61.0 Å². The highest BCUT2D eigenvalue weighted by Crippen LogP contribution is 2.30. The van der Waals surface area contributed by atoms with Crippen LogP contribution in [0.1, 0.15) is 81.8 Å². The number of unbranched alkanes of at least 4 members (excludes halogenated alkanes) is 1. The number of nitrogens with two attached hydrogens (primary N) is 2. The first-order valence-electron chi connectivity index (χ1n) is 25.5. The molecule has 0 radical (unpaired) electrons. The second kappa shape index (κ2) is 32.1. The van der Waals surface area contributed by atoms with Crippen LogP contribution in [0.4, 0.5) is 21.1 Å². The predicted molar refractivity (Wildman–Crippen MR) is 284 cm³/mol. The van der Waals surface area contributed by atoms with Gasteiger partial charge in [0.25, 0.3) is 0 Å². The molecule has 0 aliphatic heterocycles. The Morgan fingerprint density at radius 3 is 2.20 bits per heavy atom. The fraction of sp³-hybridized carbons (Fsp3) is 0.491. The lowest BCUT2D eigenvalue weighted by atomic mass is 9.89. The minimum Gasteiger partial charge on any atom is -0.445 e. The molecule has 8 N–H and O–H groups in total. The molecule has 22 heteroatoms. The smallest absolute Gasteiger partial charge is 0.407 e. The normalized spacial score (nSPS) is 12.0. The minimum absolute atomic E-state index is 0.0161. The summed E-state index contributed by atoms with van der Waals surface area (Å²) in [4.78, 5) is 76.7. The monoisotopic (exact) mass is 1040 g/mol. The number of primary amides is 1. The molecule has 0 unspecified atom stereocenters. The summed E-state index contributed by atoms with van der Waals surface area (Å²) in [5, 5.41) is 15.4. The van der Waals surface area contributed by atoms with Gasteiger partial charge in [0, 0.05) is 67.3 Å². The number of ether oxygens (including phenoxy) is 5. The number of rotatable bonds is 35. The van der Waals surface area contributed by atoms with Gasteiger partial charge in [0.1, 0.15) is 17.9 Å². The van der Waals surface area contributed by atoms with Gasteiger partial charge in [-0.2, -0.15) is 0 Å². The summed E-state index contributed by atoms with van der Waals surface area (Å²) in [6.07, 6.45) is 2.69. The van der Waals surface area contributed by atoms with Crippen LogP contribution in [0.2, 0.25) is 0 Å². The van der Waals surface area contributed by atoms with Crippen molar-refractivity contribution in [3.8, 4) is 0 Å². The van der Waals surface area contributed by atoms with Crippen molar-refractivity contribution >= 4 is 63.2 Å². The number of fused-ring (bicyclic) bond motifs is 3. The van der Waals surface area contributed by atoms with Crippen molar-refractivity contribution in [1.82, 2.24) is 30.5 Å². The highest BCUT2D eigenvalue weighted by molar-refractivity contribution is 6.06. The van der Waals surface area contributed by atoms with Crippen molar-refractivity contribution in [3.63, 3.8) is 0 Å². The molecule has 2 atom stereocenters. The van der Waals surface area contributed by atoms with E-state index in [-0.39, 0.29) is 76.3 Å². The number of carbonyl (C=O) groups is 5. The number of Topliss-reactive ketones (excluding diaryl/α,β-unsaturated/α-hetero) is 1. The van der Waals surface area contributed by atoms with Crippen LogP contribution in [-0.4, -0.2) is 116 Å². The third kappa shape index (κ3) is 20.1. The number of alkyl carbamates (subject to hydrolysis) is 1. The van der Waals surface area contributed by atoms with Crippen LogP contribution in [0.3, 0.4) is 0 Å². The van der Waals surface area contributed by atoms with Gasteiger partial charge in [-0.1, -0.05) is 86.9 Å². The molecule has 2 heterocycles. The third-order valence-electron chi connectivity index (χ3n) is 12.0. The summed E-state index contributed by atoms with van der Waals surface area (Å²) in [6.45, 7) is 9.51. The van der Waals surface area contributed by atoms with Crippen molar-refractivity contribution in [2.24, 2.45) is 22.7 Å². The number of ketones is 1. The number of pyridine rings is 1. The number of aromatic nitrogens is 3. The predicted octanol–water partition coefficient (Wildman–Crippen LogP) is 6.85. The number of nitrogen functional groups attached to an aromatic ring is 1. The van der Waals surface area contributed by atoms with Crippen LogP contribution < -0.4 is 32.7 Å². The average molecular weight is 1040 g/mol. The fourth-order valence-electron chi connectivity index (χ4n) is 8.12. The molecular weight excluding hydrogens is 965 g/mol. The Hall–Kier alpha value is -7.36. The molecule has 0 fully saturated rings. The molecule has 5 aromatic rings. The molecular formula is C53H72N12O10. The van der Waals surface area contributed by atoms with E-state index in [1.807, 2.05) is 62.4 Å². The Kier molecular flexibility index (Phi) is 25.0. The van der Waals surface area contributed by atoms with Crippen molar-refractivity contribution in [3.05, 3.63) is 106 Å². The van der Waals surface area contributed by atoms with E-state index in [4.69, 9.17) is 45.7 Å². The largest absolute Gasteiger partial charge is 0.445 e. The Morgan fingerprint density at radius 2 is 1.51 bits per heavy atom. The minimum atomic E-state index is -0.851. The van der Waals surface area contributed by atoms with E-state index in [9.17, 15) is 24.0 Å². The van der Waals surface area contributed by atoms with Gasteiger partial charge in [0.15, 0.2) is 11.6 Å². The number of urea groups is 1. The summed E-state index contributed by atoms with van der Waals surface area (Å²) in [5.74, 6) is -0.809. The maximum absolute atomic E-state index is 13.7. The molecule has 0 saturated heterocycles. The number of azide groups is 1. The van der Waals surface area contributed by atoms with Crippen LogP contribution in [0.5, 0.6) is 0 Å². The number of anilines is 2. The molecule has 22 nitrogen and oxygen atoms in total. The SMILES string of the molecule is CCCCc1nc2c(N)nc3ccccc3c2n1Cc1cccc(CNC(=O)OCc2ccc(NC(=O)[C@H](CCCNC(N)=O)CC(=O)[C@@H](NC(=O)CCOCCOCCOCCOCCN=[N+]=[N-])C(C)C)cc2)c1. The van der Waals surface area contributed by atoms with Crippen molar-refractivity contribution in [2.45, 2.75) is 91.5 Å². The number of amides is 5. The van der Waals surface area contributed by atoms with E-state index in [0.29, 0.717) is 75.2 Å². The zero-order valence-electron chi connectivity index (χ0n) is 43.2. The molecule has 404 valence electrons. The van der Waals surface area contributed by atoms with Crippen molar-refractivity contribution in [1.29, 1.82) is 0 Å². The molecule has 0 aliphatic carbocycles. The molecule has 5 rings (SSSR count). The molecule has 75 heavy (non-hydrogen) atoms. The first-order chi connectivity index (χ1) is 36.4. The van der Waals surface area contributed by atoms with Crippen LogP contribution in [0, 0.1) is 11.8 Å². The second-order valence-electron chi connectivity index (χ2n) is 18.1. The molecule has 0 aliphatic rings. The lowest BCUT2D eigenvalue weighted by Gasteiger charge is -2.24. The van der Waals surface area contributed by atoms with E-state index >= 15 is 0 Å². The zero-order valence-corrected chi connectivity index (χ0v) is 43.2. The van der Waals surface area contributed by atoms with Gasteiger partial charge in [0.05, 0.1) is 69.9 Å². The van der Waals surface area contributed by atoms with Crippen molar-refractivity contribution in [2.75, 3.05) is 77.0 Å². The Balaban J connectivity index is 1.06. The number of imidazole rings is 1. The lowest BCUT2D eigenvalue weighted by Crippen LogP contribution is -2.45. The number of nitrogens with zero attached hydrogens (tertiary/aromatic N) is 6. The number of carbonyl (C=O) groups excluding carboxylic acids is 5. The van der Waals surface area contributed by atoms with E-state index in [1.54, 1.807) is 24.3 Å². The maximum atomic E-state index is 13.7. The van der Waals surface area contributed by atoms with Gasteiger partial charge in [-0.25, -0.2) is 19.6 Å². The van der Waals surface area contributed by atoms with Crippen LogP contribution in [-0.2, 0) is 64.2 Å². The molecule has 0 saturated carbocycles. The van der Waals surface area contributed by atoms with Gasteiger partial charge in [-0.15, -0.1) is 0 Å². The molecule has 5 amide bonds. The van der Waals surface area contributed by atoms with Crippen LogP contribution in [0.25, 0.3) is 32.4 Å². The number of hydrogen-bond donors (Lipinski definition) is 6.